The van der Waals surface area contributed by atoms with Crippen molar-refractivity contribution in [2.45, 2.75) is 25.3 Å². The number of nitrogens with one attached hydrogen (secondary N) is 2. The van der Waals surface area contributed by atoms with E-state index >= 15 is 0 Å². The maximum Gasteiger partial charge on any atom is 0.253 e. The van der Waals surface area contributed by atoms with Gasteiger partial charge in [-0.1, -0.05) is 12.1 Å². The van der Waals surface area contributed by atoms with Gasteiger partial charge in [0, 0.05) is 31.8 Å². The molecule has 0 fully saturated rings. The molecule has 0 saturated carbocycles. The lowest BCUT2D eigenvalue weighted by Gasteiger charge is -2.13. The summed E-state index contributed by atoms with van der Waals surface area (Å²) >= 11 is 0. The van der Waals surface area contributed by atoms with Crippen LogP contribution in [0.1, 0.15) is 37.4 Å². The number of nitrogens with zero attached hydrogens (tertiary/aromatic N) is 1. The second-order valence-electron chi connectivity index (χ2n) is 6.71. The Morgan fingerprint density at radius 2 is 1.71 bits per heavy atom. The number of benzene rings is 2. The summed E-state index contributed by atoms with van der Waals surface area (Å²) in [4.78, 5) is 26.2. The molecule has 0 aliphatic carbocycles. The van der Waals surface area contributed by atoms with Crippen LogP contribution in [-0.4, -0.2) is 46.3 Å². The molecule has 0 radical (unpaired) electrons. The minimum Gasteiger partial charge on any atom is -0.348 e. The molecule has 0 bridgehead atoms. The lowest BCUT2D eigenvalue weighted by Crippen LogP contribution is -2.25. The van der Waals surface area contributed by atoms with Crippen LogP contribution in [0.15, 0.2) is 41.3 Å². The molecule has 0 aliphatic heterocycles. The zero-order valence-electron chi connectivity index (χ0n) is 16.7. The third-order valence-corrected chi connectivity index (χ3v) is 6.01. The van der Waals surface area contributed by atoms with E-state index in [2.05, 4.69) is 10.0 Å². The van der Waals surface area contributed by atoms with E-state index in [0.29, 0.717) is 16.7 Å². The maximum atomic E-state index is 12.6. The van der Waals surface area contributed by atoms with E-state index in [1.54, 1.807) is 52.2 Å². The summed E-state index contributed by atoms with van der Waals surface area (Å²) in [6.45, 7) is 3.68. The highest BCUT2D eigenvalue weighted by Gasteiger charge is 2.19. The molecule has 0 unspecified atom stereocenters. The molecule has 8 heteroatoms. The summed E-state index contributed by atoms with van der Waals surface area (Å²) in [6, 6.07) is 10.0. The van der Waals surface area contributed by atoms with Gasteiger partial charge in [0.25, 0.3) is 11.8 Å². The van der Waals surface area contributed by atoms with Gasteiger partial charge >= 0.3 is 0 Å². The summed E-state index contributed by atoms with van der Waals surface area (Å²) < 4.78 is 26.7. The number of hydrogen-bond acceptors (Lipinski definition) is 4. The zero-order chi connectivity index (χ0) is 21.1. The van der Waals surface area contributed by atoms with Crippen molar-refractivity contribution in [3.05, 3.63) is 64.2 Å². The zero-order valence-corrected chi connectivity index (χ0v) is 17.5. The highest BCUT2D eigenvalue weighted by molar-refractivity contribution is 7.89. The van der Waals surface area contributed by atoms with E-state index in [1.165, 1.54) is 18.0 Å². The van der Waals surface area contributed by atoms with Crippen molar-refractivity contribution in [1.82, 2.24) is 14.9 Å². The smallest absolute Gasteiger partial charge is 0.253 e. The minimum absolute atomic E-state index is 0.0822. The van der Waals surface area contributed by atoms with Crippen molar-refractivity contribution >= 4 is 21.8 Å². The van der Waals surface area contributed by atoms with Gasteiger partial charge in [0.1, 0.15) is 0 Å². The SMILES string of the molecule is CNS(=O)(=O)c1cc(C(=O)NCc2cccc(C(=O)N(C)C)c2)cc(C)c1C. The van der Waals surface area contributed by atoms with Gasteiger partial charge in [-0.05, 0) is 61.9 Å². The summed E-state index contributed by atoms with van der Waals surface area (Å²) in [5, 5.41) is 2.77. The maximum absolute atomic E-state index is 12.6. The van der Waals surface area contributed by atoms with Crippen LogP contribution in [0.4, 0.5) is 0 Å². The number of hydrogen-bond donors (Lipinski definition) is 2. The lowest BCUT2D eigenvalue weighted by atomic mass is 10.1. The number of amides is 2. The molecule has 150 valence electrons. The summed E-state index contributed by atoms with van der Waals surface area (Å²) in [5.41, 5.74) is 2.87. The van der Waals surface area contributed by atoms with Crippen LogP contribution in [-0.2, 0) is 16.6 Å². The number of carbonyl (C=O) groups is 2. The van der Waals surface area contributed by atoms with Crippen molar-refractivity contribution in [2.24, 2.45) is 0 Å². The van der Waals surface area contributed by atoms with Crippen LogP contribution >= 0.6 is 0 Å². The fourth-order valence-electron chi connectivity index (χ4n) is 2.70. The highest BCUT2D eigenvalue weighted by atomic mass is 32.2. The minimum atomic E-state index is -3.67. The Morgan fingerprint density at radius 3 is 2.32 bits per heavy atom. The fraction of sp³-hybridized carbons (Fsp3) is 0.300. The fourth-order valence-corrected chi connectivity index (χ4v) is 3.77. The van der Waals surface area contributed by atoms with Crippen molar-refractivity contribution in [3.8, 4) is 0 Å². The molecule has 2 aromatic carbocycles. The van der Waals surface area contributed by atoms with E-state index in [1.807, 2.05) is 6.07 Å². The van der Waals surface area contributed by atoms with E-state index < -0.39 is 10.0 Å². The number of aryl methyl sites for hydroxylation is 1. The van der Waals surface area contributed by atoms with Gasteiger partial charge in [-0.25, -0.2) is 13.1 Å². The summed E-state index contributed by atoms with van der Waals surface area (Å²) in [6.07, 6.45) is 0. The van der Waals surface area contributed by atoms with Crippen molar-refractivity contribution in [2.75, 3.05) is 21.1 Å². The monoisotopic (exact) mass is 403 g/mol. The molecule has 0 spiro atoms. The van der Waals surface area contributed by atoms with E-state index in [4.69, 9.17) is 0 Å². The average Bonchev–Trinajstić information content (AvgIpc) is 2.67. The Morgan fingerprint density at radius 1 is 1.04 bits per heavy atom. The van der Waals surface area contributed by atoms with Gasteiger partial charge in [0.15, 0.2) is 0 Å². The largest absolute Gasteiger partial charge is 0.348 e. The topological polar surface area (TPSA) is 95.6 Å². The Bertz CT molecular complexity index is 1010. The van der Waals surface area contributed by atoms with Gasteiger partial charge in [-0.2, -0.15) is 0 Å². The van der Waals surface area contributed by atoms with Crippen molar-refractivity contribution in [3.63, 3.8) is 0 Å². The van der Waals surface area contributed by atoms with Crippen molar-refractivity contribution in [1.29, 1.82) is 0 Å². The molecule has 0 saturated heterocycles. The first kappa shape index (κ1) is 21.6. The van der Waals surface area contributed by atoms with Gasteiger partial charge in [-0.15, -0.1) is 0 Å². The number of sulfonamides is 1. The first-order chi connectivity index (χ1) is 13.1. The Labute approximate surface area is 165 Å². The van der Waals surface area contributed by atoms with Gasteiger partial charge < -0.3 is 10.2 Å². The quantitative estimate of drug-likeness (QED) is 0.769. The van der Waals surface area contributed by atoms with Gasteiger partial charge in [0.2, 0.25) is 10.0 Å². The van der Waals surface area contributed by atoms with Gasteiger partial charge in [-0.3, -0.25) is 9.59 Å². The van der Waals surface area contributed by atoms with Crippen LogP contribution < -0.4 is 10.0 Å². The Hall–Kier alpha value is -2.71. The predicted molar refractivity (Wildman–Crippen MR) is 108 cm³/mol. The molecule has 2 N–H and O–H groups in total. The molecule has 0 heterocycles. The van der Waals surface area contributed by atoms with Crippen LogP contribution in [0, 0.1) is 13.8 Å². The van der Waals surface area contributed by atoms with E-state index in [0.717, 1.165) is 5.56 Å². The molecular weight excluding hydrogens is 378 g/mol. The average molecular weight is 404 g/mol. The van der Waals surface area contributed by atoms with Crippen LogP contribution in [0.5, 0.6) is 0 Å². The van der Waals surface area contributed by atoms with Crippen molar-refractivity contribution < 1.29 is 18.0 Å². The van der Waals surface area contributed by atoms with E-state index in [-0.39, 0.29) is 28.8 Å². The lowest BCUT2D eigenvalue weighted by molar-refractivity contribution is 0.0827. The first-order valence-electron chi connectivity index (χ1n) is 8.70. The summed E-state index contributed by atoms with van der Waals surface area (Å²) in [5.74, 6) is -0.510. The standard InChI is InChI=1S/C20H25N3O4S/c1-13-9-17(11-18(14(13)2)28(26,27)21-3)19(24)22-12-15-7-6-8-16(10-15)20(25)23(4)5/h6-11,21H,12H2,1-5H3,(H,22,24). The van der Waals surface area contributed by atoms with Crippen LogP contribution in [0.25, 0.3) is 0 Å². The summed E-state index contributed by atoms with van der Waals surface area (Å²) in [7, 11) is 1.01. The van der Waals surface area contributed by atoms with E-state index in [9.17, 15) is 18.0 Å². The molecule has 28 heavy (non-hydrogen) atoms. The molecule has 2 rings (SSSR count). The Balaban J connectivity index is 2.23. The number of carbonyl (C=O) groups excluding carboxylic acids is 2. The second kappa shape index (κ2) is 8.53. The highest BCUT2D eigenvalue weighted by Crippen LogP contribution is 2.21. The molecule has 2 amide bonds. The third kappa shape index (κ3) is 4.76. The molecule has 2 aromatic rings. The molecular formula is C20H25N3O4S. The second-order valence-corrected chi connectivity index (χ2v) is 8.56. The van der Waals surface area contributed by atoms with Gasteiger partial charge in [0.05, 0.1) is 4.90 Å². The molecule has 0 atom stereocenters. The molecule has 7 nitrogen and oxygen atoms in total. The van der Waals surface area contributed by atoms with Crippen LogP contribution in [0.2, 0.25) is 0 Å². The van der Waals surface area contributed by atoms with Crippen LogP contribution in [0.3, 0.4) is 0 Å². The Kier molecular flexibility index (Phi) is 6.58. The molecule has 0 aliphatic rings. The third-order valence-electron chi connectivity index (χ3n) is 4.47. The number of rotatable bonds is 6. The predicted octanol–water partition coefficient (Wildman–Crippen LogP) is 1.84. The molecule has 0 aromatic heterocycles. The first-order valence-corrected chi connectivity index (χ1v) is 10.2. The normalized spacial score (nSPS) is 11.2.